The van der Waals surface area contributed by atoms with Crippen LogP contribution in [0.4, 0.5) is 5.82 Å². The molecule has 0 saturated heterocycles. The summed E-state index contributed by atoms with van der Waals surface area (Å²) in [5.74, 6) is 1.66. The Morgan fingerprint density at radius 2 is 2.11 bits per heavy atom. The van der Waals surface area contributed by atoms with Gasteiger partial charge in [-0.15, -0.1) is 11.3 Å². The van der Waals surface area contributed by atoms with Crippen molar-refractivity contribution in [3.05, 3.63) is 22.1 Å². The number of aryl methyl sites for hydroxylation is 1. The highest BCUT2D eigenvalue weighted by Crippen LogP contribution is 2.22. The highest BCUT2D eigenvalue weighted by molar-refractivity contribution is 7.07. The van der Waals surface area contributed by atoms with E-state index in [1.807, 2.05) is 10.9 Å². The molecule has 0 aromatic carbocycles. The second kappa shape index (κ2) is 5.91. The second-order valence-electron chi connectivity index (χ2n) is 4.12. The van der Waals surface area contributed by atoms with E-state index in [9.17, 15) is 0 Å². The summed E-state index contributed by atoms with van der Waals surface area (Å²) in [6.07, 6.45) is 1.99. The van der Waals surface area contributed by atoms with Crippen LogP contribution in [0.2, 0.25) is 0 Å². The lowest BCUT2D eigenvalue weighted by Crippen LogP contribution is -2.08. The van der Waals surface area contributed by atoms with Crippen molar-refractivity contribution >= 4 is 17.2 Å². The van der Waals surface area contributed by atoms with Crippen LogP contribution in [0, 0.1) is 6.92 Å². The van der Waals surface area contributed by atoms with Gasteiger partial charge in [0.05, 0.1) is 5.51 Å². The average molecular weight is 262 g/mol. The van der Waals surface area contributed by atoms with Crippen LogP contribution in [0.1, 0.15) is 31.5 Å². The largest absolute Gasteiger partial charge is 0.370 e. The SMILES string of the molecule is CCCNc1nc(-c2cscn2)nc(CC)c1C. The molecule has 2 aromatic rings. The van der Waals surface area contributed by atoms with Crippen LogP contribution in [0.25, 0.3) is 11.5 Å². The fourth-order valence-electron chi connectivity index (χ4n) is 1.76. The Morgan fingerprint density at radius 1 is 1.28 bits per heavy atom. The number of hydrogen-bond donors (Lipinski definition) is 1. The quantitative estimate of drug-likeness (QED) is 0.898. The number of rotatable bonds is 5. The third-order valence-corrected chi connectivity index (χ3v) is 3.37. The summed E-state index contributed by atoms with van der Waals surface area (Å²) < 4.78 is 0. The zero-order valence-corrected chi connectivity index (χ0v) is 11.8. The molecule has 2 rings (SSSR count). The monoisotopic (exact) mass is 262 g/mol. The van der Waals surface area contributed by atoms with E-state index in [0.29, 0.717) is 0 Å². The molecule has 4 nitrogen and oxygen atoms in total. The number of thiazole rings is 1. The van der Waals surface area contributed by atoms with Crippen molar-refractivity contribution in [1.29, 1.82) is 0 Å². The Balaban J connectivity index is 2.42. The third kappa shape index (κ3) is 2.67. The van der Waals surface area contributed by atoms with E-state index in [4.69, 9.17) is 0 Å². The van der Waals surface area contributed by atoms with E-state index >= 15 is 0 Å². The van der Waals surface area contributed by atoms with Gasteiger partial charge < -0.3 is 5.32 Å². The molecule has 0 atom stereocenters. The first-order chi connectivity index (χ1) is 8.76. The summed E-state index contributed by atoms with van der Waals surface area (Å²) in [5.41, 5.74) is 4.90. The molecule has 96 valence electrons. The topological polar surface area (TPSA) is 50.7 Å². The minimum Gasteiger partial charge on any atom is -0.370 e. The Kier molecular flexibility index (Phi) is 4.25. The minimum absolute atomic E-state index is 0.720. The summed E-state index contributed by atoms with van der Waals surface area (Å²) in [6.45, 7) is 7.26. The van der Waals surface area contributed by atoms with Crippen LogP contribution in [0.3, 0.4) is 0 Å². The molecule has 0 aliphatic heterocycles. The van der Waals surface area contributed by atoms with Crippen LogP contribution in [0.15, 0.2) is 10.9 Å². The normalized spacial score (nSPS) is 10.6. The zero-order chi connectivity index (χ0) is 13.0. The molecule has 1 N–H and O–H groups in total. The van der Waals surface area contributed by atoms with Gasteiger partial charge in [-0.25, -0.2) is 15.0 Å². The molecular formula is C13H18N4S. The molecule has 0 spiro atoms. The van der Waals surface area contributed by atoms with Gasteiger partial charge in [0.25, 0.3) is 0 Å². The average Bonchev–Trinajstić information content (AvgIpc) is 2.91. The maximum atomic E-state index is 4.60. The summed E-state index contributed by atoms with van der Waals surface area (Å²) in [6, 6.07) is 0. The Morgan fingerprint density at radius 3 is 2.72 bits per heavy atom. The van der Waals surface area contributed by atoms with Crippen LogP contribution < -0.4 is 5.32 Å². The molecule has 0 amide bonds. The lowest BCUT2D eigenvalue weighted by molar-refractivity contribution is 0.934. The van der Waals surface area contributed by atoms with Crippen molar-refractivity contribution in [2.45, 2.75) is 33.6 Å². The minimum atomic E-state index is 0.720. The molecule has 18 heavy (non-hydrogen) atoms. The molecule has 0 aliphatic carbocycles. The number of nitrogens with one attached hydrogen (secondary N) is 1. The molecule has 5 heteroatoms. The first-order valence-electron chi connectivity index (χ1n) is 6.26. The molecule has 0 aliphatic rings. The molecule has 0 radical (unpaired) electrons. The van der Waals surface area contributed by atoms with E-state index in [0.717, 1.165) is 48.0 Å². The molecule has 2 aromatic heterocycles. The lowest BCUT2D eigenvalue weighted by Gasteiger charge is -2.12. The number of aromatic nitrogens is 3. The van der Waals surface area contributed by atoms with Crippen molar-refractivity contribution in [2.24, 2.45) is 0 Å². The molecule has 0 bridgehead atoms. The summed E-state index contributed by atoms with van der Waals surface area (Å²) in [7, 11) is 0. The fourth-order valence-corrected chi connectivity index (χ4v) is 2.29. The van der Waals surface area contributed by atoms with Gasteiger partial charge in [0.2, 0.25) is 0 Å². The van der Waals surface area contributed by atoms with E-state index < -0.39 is 0 Å². The summed E-state index contributed by atoms with van der Waals surface area (Å²) in [5, 5.41) is 5.34. The molecule has 0 fully saturated rings. The summed E-state index contributed by atoms with van der Waals surface area (Å²) in [4.78, 5) is 13.5. The zero-order valence-electron chi connectivity index (χ0n) is 11.0. The van der Waals surface area contributed by atoms with Crippen LogP contribution in [-0.4, -0.2) is 21.5 Å². The van der Waals surface area contributed by atoms with Crippen LogP contribution >= 0.6 is 11.3 Å². The van der Waals surface area contributed by atoms with Gasteiger partial charge >= 0.3 is 0 Å². The second-order valence-corrected chi connectivity index (χ2v) is 4.84. The Bertz CT molecular complexity index is 508. The van der Waals surface area contributed by atoms with E-state index in [1.54, 1.807) is 11.3 Å². The van der Waals surface area contributed by atoms with E-state index in [-0.39, 0.29) is 0 Å². The van der Waals surface area contributed by atoms with Gasteiger partial charge in [0.15, 0.2) is 5.82 Å². The van der Waals surface area contributed by atoms with E-state index in [2.05, 4.69) is 41.0 Å². The fraction of sp³-hybridized carbons (Fsp3) is 0.462. The molecule has 0 saturated carbocycles. The Labute approximate surface area is 112 Å². The smallest absolute Gasteiger partial charge is 0.181 e. The van der Waals surface area contributed by atoms with Gasteiger partial charge in [-0.05, 0) is 19.8 Å². The van der Waals surface area contributed by atoms with Gasteiger partial charge in [-0.3, -0.25) is 0 Å². The van der Waals surface area contributed by atoms with Crippen molar-refractivity contribution in [3.63, 3.8) is 0 Å². The maximum Gasteiger partial charge on any atom is 0.181 e. The lowest BCUT2D eigenvalue weighted by atomic mass is 10.2. The highest BCUT2D eigenvalue weighted by Gasteiger charge is 2.11. The first kappa shape index (κ1) is 13.0. The van der Waals surface area contributed by atoms with Gasteiger partial charge in [-0.2, -0.15) is 0 Å². The van der Waals surface area contributed by atoms with Crippen molar-refractivity contribution in [2.75, 3.05) is 11.9 Å². The number of anilines is 1. The first-order valence-corrected chi connectivity index (χ1v) is 7.20. The maximum absolute atomic E-state index is 4.60. The van der Waals surface area contributed by atoms with Crippen molar-refractivity contribution < 1.29 is 0 Å². The summed E-state index contributed by atoms with van der Waals surface area (Å²) >= 11 is 1.56. The number of hydrogen-bond acceptors (Lipinski definition) is 5. The molecule has 0 unspecified atom stereocenters. The number of nitrogens with zero attached hydrogens (tertiary/aromatic N) is 3. The third-order valence-electron chi connectivity index (χ3n) is 2.79. The predicted octanol–water partition coefficient (Wildman–Crippen LogP) is 3.29. The molecular weight excluding hydrogens is 244 g/mol. The molecule has 2 heterocycles. The van der Waals surface area contributed by atoms with Crippen molar-refractivity contribution in [3.8, 4) is 11.5 Å². The van der Waals surface area contributed by atoms with Crippen LogP contribution in [-0.2, 0) is 6.42 Å². The van der Waals surface area contributed by atoms with Crippen LogP contribution in [0.5, 0.6) is 0 Å². The van der Waals surface area contributed by atoms with Gasteiger partial charge in [0, 0.05) is 23.2 Å². The Hall–Kier alpha value is -1.49. The van der Waals surface area contributed by atoms with Gasteiger partial charge in [-0.1, -0.05) is 13.8 Å². The van der Waals surface area contributed by atoms with Gasteiger partial charge in [0.1, 0.15) is 11.5 Å². The van der Waals surface area contributed by atoms with E-state index in [1.165, 1.54) is 0 Å². The predicted molar refractivity (Wildman–Crippen MR) is 76.0 cm³/mol. The van der Waals surface area contributed by atoms with Crippen molar-refractivity contribution in [1.82, 2.24) is 15.0 Å². The highest BCUT2D eigenvalue weighted by atomic mass is 32.1. The standard InChI is InChI=1S/C13H18N4S/c1-4-6-14-12-9(3)10(5-2)16-13(17-12)11-7-18-8-15-11/h7-8H,4-6H2,1-3H3,(H,14,16,17).